The number of hydrogen-bond donors (Lipinski definition) is 1. The molecule has 0 aliphatic heterocycles. The molecule has 3 heteroatoms. The average Bonchev–Trinajstić information content (AvgIpc) is 1.95. The topological polar surface area (TPSA) is 46.5 Å². The van der Waals surface area contributed by atoms with Gasteiger partial charge in [0.05, 0.1) is 7.11 Å². The van der Waals surface area contributed by atoms with Crippen LogP contribution >= 0.6 is 0 Å². The third-order valence-corrected chi connectivity index (χ3v) is 1.26. The molecule has 0 heterocycles. The molecule has 0 saturated carbocycles. The van der Waals surface area contributed by atoms with Gasteiger partial charge in [-0.2, -0.15) is 0 Å². The summed E-state index contributed by atoms with van der Waals surface area (Å²) in [5, 5.41) is 8.92. The van der Waals surface area contributed by atoms with Crippen molar-refractivity contribution in [2.45, 2.75) is 6.10 Å². The maximum Gasteiger partial charge on any atom is 0.188 e. The number of carbonyl (C=O) groups excluding carboxylic acids is 1. The van der Waals surface area contributed by atoms with Gasteiger partial charge in [0.1, 0.15) is 11.9 Å². The van der Waals surface area contributed by atoms with Crippen LogP contribution in [-0.2, 0) is 9.53 Å². The van der Waals surface area contributed by atoms with E-state index in [0.717, 1.165) is 0 Å². The standard InChI is InChI=1S/C7H8O3/c1-10-5-2-3-6(8)7(9)4-5/h2-4,7,9H,1H3. The van der Waals surface area contributed by atoms with Crippen LogP contribution in [0.25, 0.3) is 0 Å². The molecule has 1 N–H and O–H groups in total. The first-order valence-corrected chi connectivity index (χ1v) is 2.90. The molecule has 0 bridgehead atoms. The molecule has 0 radical (unpaired) electrons. The predicted molar refractivity (Wildman–Crippen MR) is 35.2 cm³/mol. The first-order valence-electron chi connectivity index (χ1n) is 2.90. The molecule has 0 fully saturated rings. The van der Waals surface area contributed by atoms with Gasteiger partial charge in [0, 0.05) is 0 Å². The number of allylic oxidation sites excluding steroid dienone is 1. The number of rotatable bonds is 1. The van der Waals surface area contributed by atoms with E-state index < -0.39 is 6.10 Å². The van der Waals surface area contributed by atoms with E-state index >= 15 is 0 Å². The van der Waals surface area contributed by atoms with Crippen molar-refractivity contribution in [3.63, 3.8) is 0 Å². The van der Waals surface area contributed by atoms with Crippen LogP contribution in [0.1, 0.15) is 0 Å². The van der Waals surface area contributed by atoms with Crippen molar-refractivity contribution >= 4 is 5.78 Å². The number of hydrogen-bond acceptors (Lipinski definition) is 3. The minimum Gasteiger partial charge on any atom is -0.497 e. The summed E-state index contributed by atoms with van der Waals surface area (Å²) in [6, 6.07) is 0. The van der Waals surface area contributed by atoms with Crippen molar-refractivity contribution in [2.24, 2.45) is 0 Å². The zero-order valence-corrected chi connectivity index (χ0v) is 5.57. The second kappa shape index (κ2) is 2.66. The third kappa shape index (κ3) is 1.25. The van der Waals surface area contributed by atoms with Gasteiger partial charge < -0.3 is 9.84 Å². The Morgan fingerprint density at radius 1 is 1.60 bits per heavy atom. The van der Waals surface area contributed by atoms with E-state index in [1.165, 1.54) is 25.3 Å². The van der Waals surface area contributed by atoms with E-state index in [0.29, 0.717) is 5.76 Å². The van der Waals surface area contributed by atoms with Crippen molar-refractivity contribution in [1.82, 2.24) is 0 Å². The zero-order chi connectivity index (χ0) is 7.56. The maximum atomic E-state index is 10.6. The van der Waals surface area contributed by atoms with Gasteiger partial charge >= 0.3 is 0 Å². The molecule has 1 rings (SSSR count). The van der Waals surface area contributed by atoms with Gasteiger partial charge in [-0.25, -0.2) is 0 Å². The van der Waals surface area contributed by atoms with Gasteiger partial charge in [0.15, 0.2) is 5.78 Å². The van der Waals surface area contributed by atoms with E-state index in [1.54, 1.807) is 0 Å². The minimum atomic E-state index is -1.03. The van der Waals surface area contributed by atoms with Crippen LogP contribution in [0.2, 0.25) is 0 Å². The molecule has 1 atom stereocenters. The highest BCUT2D eigenvalue weighted by atomic mass is 16.5. The molecule has 3 nitrogen and oxygen atoms in total. The van der Waals surface area contributed by atoms with E-state index in [1.807, 2.05) is 0 Å². The minimum absolute atomic E-state index is 0.305. The summed E-state index contributed by atoms with van der Waals surface area (Å²) in [6.45, 7) is 0. The number of carbonyl (C=O) groups is 1. The quantitative estimate of drug-likeness (QED) is 0.558. The largest absolute Gasteiger partial charge is 0.497 e. The molecule has 1 unspecified atom stereocenters. The highest BCUT2D eigenvalue weighted by Gasteiger charge is 2.13. The molecule has 1 aliphatic carbocycles. The van der Waals surface area contributed by atoms with Crippen molar-refractivity contribution < 1.29 is 14.6 Å². The summed E-state index contributed by atoms with van der Waals surface area (Å²) in [5.41, 5.74) is 0. The Balaban J connectivity index is 2.75. The fourth-order valence-electron chi connectivity index (χ4n) is 0.692. The number of ketones is 1. The Morgan fingerprint density at radius 3 is 2.80 bits per heavy atom. The number of ether oxygens (including phenoxy) is 1. The summed E-state index contributed by atoms with van der Waals surface area (Å²) < 4.78 is 4.77. The lowest BCUT2D eigenvalue weighted by atomic mass is 10.1. The Labute approximate surface area is 58.6 Å². The lowest BCUT2D eigenvalue weighted by Crippen LogP contribution is -2.18. The van der Waals surface area contributed by atoms with Crippen LogP contribution in [-0.4, -0.2) is 24.1 Å². The zero-order valence-electron chi connectivity index (χ0n) is 5.57. The number of aliphatic hydroxyl groups is 1. The molecule has 0 aromatic heterocycles. The van der Waals surface area contributed by atoms with Crippen molar-refractivity contribution in [3.8, 4) is 0 Å². The Kier molecular flexibility index (Phi) is 1.87. The van der Waals surface area contributed by atoms with Crippen molar-refractivity contribution in [3.05, 3.63) is 24.0 Å². The van der Waals surface area contributed by atoms with Gasteiger partial charge in [-0.1, -0.05) is 0 Å². The first-order chi connectivity index (χ1) is 4.74. The van der Waals surface area contributed by atoms with E-state index in [9.17, 15) is 4.79 Å². The van der Waals surface area contributed by atoms with Crippen LogP contribution < -0.4 is 0 Å². The summed E-state index contributed by atoms with van der Waals surface area (Å²) in [5.74, 6) is 0.216. The molecular formula is C7H8O3. The second-order valence-electron chi connectivity index (χ2n) is 1.95. The molecule has 1 aliphatic rings. The van der Waals surface area contributed by atoms with Gasteiger partial charge in [0.2, 0.25) is 0 Å². The lowest BCUT2D eigenvalue weighted by Gasteiger charge is -2.08. The van der Waals surface area contributed by atoms with E-state index in [-0.39, 0.29) is 5.78 Å². The maximum absolute atomic E-state index is 10.6. The van der Waals surface area contributed by atoms with Crippen molar-refractivity contribution in [1.29, 1.82) is 0 Å². The third-order valence-electron chi connectivity index (χ3n) is 1.26. The summed E-state index contributed by atoms with van der Waals surface area (Å²) in [6.07, 6.45) is 3.15. The number of aliphatic hydroxyl groups excluding tert-OH is 1. The molecular weight excluding hydrogens is 132 g/mol. The van der Waals surface area contributed by atoms with E-state index in [2.05, 4.69) is 0 Å². The van der Waals surface area contributed by atoms with Gasteiger partial charge in [-0.3, -0.25) is 4.79 Å². The molecule has 10 heavy (non-hydrogen) atoms. The van der Waals surface area contributed by atoms with Crippen molar-refractivity contribution in [2.75, 3.05) is 7.11 Å². The summed E-state index contributed by atoms with van der Waals surface area (Å²) >= 11 is 0. The fourth-order valence-corrected chi connectivity index (χ4v) is 0.692. The van der Waals surface area contributed by atoms with Crippen LogP contribution in [0.4, 0.5) is 0 Å². The second-order valence-corrected chi connectivity index (χ2v) is 1.95. The molecule has 0 aromatic carbocycles. The van der Waals surface area contributed by atoms with Gasteiger partial charge in [-0.15, -0.1) is 0 Å². The fraction of sp³-hybridized carbons (Fsp3) is 0.286. The Hall–Kier alpha value is -1.09. The number of methoxy groups -OCH3 is 1. The summed E-state index contributed by atoms with van der Waals surface area (Å²) in [7, 11) is 1.48. The van der Waals surface area contributed by atoms with Crippen LogP contribution in [0.15, 0.2) is 24.0 Å². The lowest BCUT2D eigenvalue weighted by molar-refractivity contribution is -0.120. The molecule has 0 amide bonds. The average molecular weight is 140 g/mol. The Bertz CT molecular complexity index is 203. The normalized spacial score (nSPS) is 24.4. The smallest absolute Gasteiger partial charge is 0.188 e. The summed E-state index contributed by atoms with van der Waals surface area (Å²) in [4.78, 5) is 10.6. The highest BCUT2D eigenvalue weighted by Crippen LogP contribution is 2.07. The molecule has 0 spiro atoms. The van der Waals surface area contributed by atoms with Crippen LogP contribution in [0, 0.1) is 0 Å². The SMILES string of the molecule is COC1=CC(O)C(=O)C=C1. The van der Waals surface area contributed by atoms with Crippen LogP contribution in [0.5, 0.6) is 0 Å². The van der Waals surface area contributed by atoms with Gasteiger partial charge in [0.25, 0.3) is 0 Å². The Morgan fingerprint density at radius 2 is 2.30 bits per heavy atom. The first kappa shape index (κ1) is 7.02. The predicted octanol–water partition coefficient (Wildman–Crippen LogP) is 0.0165. The molecule has 0 aromatic rings. The highest BCUT2D eigenvalue weighted by molar-refractivity contribution is 5.96. The molecule has 54 valence electrons. The van der Waals surface area contributed by atoms with Gasteiger partial charge in [-0.05, 0) is 18.2 Å². The monoisotopic (exact) mass is 140 g/mol. The molecule has 0 saturated heterocycles. The van der Waals surface area contributed by atoms with E-state index in [4.69, 9.17) is 9.84 Å². The van der Waals surface area contributed by atoms with Crippen LogP contribution in [0.3, 0.4) is 0 Å².